The summed E-state index contributed by atoms with van der Waals surface area (Å²) in [5, 5.41) is 0.314. The third-order valence-corrected chi connectivity index (χ3v) is 4.87. The van der Waals surface area contributed by atoms with Crippen molar-refractivity contribution in [1.29, 1.82) is 0 Å². The van der Waals surface area contributed by atoms with Gasteiger partial charge in [0.05, 0.1) is 16.3 Å². The van der Waals surface area contributed by atoms with Crippen LogP contribution in [-0.4, -0.2) is 17.4 Å². The molecule has 1 amide bonds. The Hall–Kier alpha value is -3.12. The Balaban J connectivity index is 1.85. The largest absolute Gasteiger partial charge is 0.416 e. The van der Waals surface area contributed by atoms with Crippen LogP contribution in [0.25, 0.3) is 11.1 Å². The number of anilines is 1. The average Bonchev–Trinajstić information content (AvgIpc) is 2.74. The van der Waals surface area contributed by atoms with Crippen LogP contribution in [0.15, 0.2) is 79.6 Å². The van der Waals surface area contributed by atoms with Crippen LogP contribution in [0.2, 0.25) is 5.02 Å². The van der Waals surface area contributed by atoms with Gasteiger partial charge in [-0.15, -0.1) is 0 Å². The lowest BCUT2D eigenvalue weighted by molar-refractivity contribution is -0.137. The van der Waals surface area contributed by atoms with E-state index >= 15 is 0 Å². The van der Waals surface area contributed by atoms with E-state index in [1.54, 1.807) is 30.6 Å². The third-order valence-electron chi connectivity index (χ3n) is 4.57. The van der Waals surface area contributed by atoms with Gasteiger partial charge in [0.15, 0.2) is 0 Å². The second-order valence-electron chi connectivity index (χ2n) is 6.55. The Morgan fingerprint density at radius 1 is 1.10 bits per heavy atom. The molecular formula is C23H18ClF3N2O. The van der Waals surface area contributed by atoms with Gasteiger partial charge in [0.1, 0.15) is 0 Å². The van der Waals surface area contributed by atoms with Gasteiger partial charge < -0.3 is 4.90 Å². The molecule has 0 fully saturated rings. The summed E-state index contributed by atoms with van der Waals surface area (Å²) in [4.78, 5) is 18.0. The fraction of sp³-hybridized carbons (Fsp3) is 0.130. The lowest BCUT2D eigenvalue weighted by Crippen LogP contribution is -2.31. The van der Waals surface area contributed by atoms with E-state index < -0.39 is 11.7 Å². The minimum atomic E-state index is -4.39. The number of pyridine rings is 1. The Labute approximate surface area is 177 Å². The Morgan fingerprint density at radius 2 is 1.80 bits per heavy atom. The maximum absolute atomic E-state index is 12.8. The molecule has 0 saturated carbocycles. The second kappa shape index (κ2) is 9.13. The number of carbonyl (C=O) groups excluding carboxylic acids is 1. The van der Waals surface area contributed by atoms with E-state index in [0.29, 0.717) is 34.8 Å². The standard InChI is InChI=1S/C23H18ClF3N2O/c1-2-22(30)29(13-11-16-4-3-12-28-15-16)21-10-7-18(14-20(21)24)17-5-8-19(9-6-17)23(25,26)27/h2-10,12,14-15H,1,11,13H2. The van der Waals surface area contributed by atoms with E-state index in [9.17, 15) is 18.0 Å². The van der Waals surface area contributed by atoms with Gasteiger partial charge in [0.2, 0.25) is 5.91 Å². The van der Waals surface area contributed by atoms with Crippen molar-refractivity contribution in [3.05, 3.63) is 95.8 Å². The highest BCUT2D eigenvalue weighted by Crippen LogP contribution is 2.34. The molecule has 3 nitrogen and oxygen atoms in total. The van der Waals surface area contributed by atoms with Crippen LogP contribution in [0.5, 0.6) is 0 Å². The number of hydrogen-bond acceptors (Lipinski definition) is 2. The summed E-state index contributed by atoms with van der Waals surface area (Å²) in [6.45, 7) is 3.92. The number of rotatable bonds is 6. The minimum Gasteiger partial charge on any atom is -0.307 e. The summed E-state index contributed by atoms with van der Waals surface area (Å²) in [6, 6.07) is 13.6. The Kier molecular flexibility index (Phi) is 6.57. The maximum Gasteiger partial charge on any atom is 0.416 e. The second-order valence-corrected chi connectivity index (χ2v) is 6.95. The molecule has 0 aliphatic heterocycles. The average molecular weight is 431 g/mol. The van der Waals surface area contributed by atoms with Crippen molar-refractivity contribution in [3.8, 4) is 11.1 Å². The monoisotopic (exact) mass is 430 g/mol. The van der Waals surface area contributed by atoms with Crippen molar-refractivity contribution in [2.75, 3.05) is 11.4 Å². The van der Waals surface area contributed by atoms with Crippen molar-refractivity contribution in [1.82, 2.24) is 4.98 Å². The number of alkyl halides is 3. The number of nitrogens with zero attached hydrogens (tertiary/aromatic N) is 2. The molecule has 0 unspecified atom stereocenters. The lowest BCUT2D eigenvalue weighted by atomic mass is 10.0. The zero-order chi connectivity index (χ0) is 21.7. The van der Waals surface area contributed by atoms with Crippen molar-refractivity contribution >= 4 is 23.2 Å². The SMILES string of the molecule is C=CC(=O)N(CCc1cccnc1)c1ccc(-c2ccc(C(F)(F)F)cc2)cc1Cl. The number of halogens is 4. The van der Waals surface area contributed by atoms with Gasteiger partial charge in [0, 0.05) is 18.9 Å². The highest BCUT2D eigenvalue weighted by molar-refractivity contribution is 6.34. The molecule has 154 valence electrons. The molecule has 0 spiro atoms. The first-order valence-electron chi connectivity index (χ1n) is 9.09. The van der Waals surface area contributed by atoms with Gasteiger partial charge >= 0.3 is 6.18 Å². The molecule has 0 radical (unpaired) electrons. The number of hydrogen-bond donors (Lipinski definition) is 0. The third kappa shape index (κ3) is 5.07. The number of aromatic nitrogens is 1. The minimum absolute atomic E-state index is 0.303. The molecule has 0 aliphatic carbocycles. The number of benzene rings is 2. The van der Waals surface area contributed by atoms with Crippen molar-refractivity contribution in [2.24, 2.45) is 0 Å². The first-order valence-corrected chi connectivity index (χ1v) is 9.47. The fourth-order valence-electron chi connectivity index (χ4n) is 3.00. The highest BCUT2D eigenvalue weighted by atomic mass is 35.5. The van der Waals surface area contributed by atoms with Gasteiger partial charge in [-0.1, -0.05) is 42.4 Å². The highest BCUT2D eigenvalue weighted by Gasteiger charge is 2.30. The van der Waals surface area contributed by atoms with Crippen LogP contribution in [-0.2, 0) is 17.4 Å². The molecule has 0 N–H and O–H groups in total. The van der Waals surface area contributed by atoms with Crippen LogP contribution in [0.3, 0.4) is 0 Å². The maximum atomic E-state index is 12.8. The van der Waals surface area contributed by atoms with E-state index in [-0.39, 0.29) is 5.91 Å². The molecule has 0 bridgehead atoms. The summed E-state index contributed by atoms with van der Waals surface area (Å²) in [6.07, 6.45) is 0.798. The lowest BCUT2D eigenvalue weighted by Gasteiger charge is -2.23. The summed E-state index contributed by atoms with van der Waals surface area (Å²) >= 11 is 6.44. The van der Waals surface area contributed by atoms with Crippen molar-refractivity contribution < 1.29 is 18.0 Å². The zero-order valence-corrected chi connectivity index (χ0v) is 16.6. The van der Waals surface area contributed by atoms with E-state index in [1.165, 1.54) is 23.1 Å². The topological polar surface area (TPSA) is 33.2 Å². The van der Waals surface area contributed by atoms with Gasteiger partial charge in [-0.3, -0.25) is 9.78 Å². The van der Waals surface area contributed by atoms with E-state index in [1.807, 2.05) is 12.1 Å². The Morgan fingerprint density at radius 3 is 2.37 bits per heavy atom. The Bertz CT molecular complexity index is 1030. The predicted octanol–water partition coefficient (Wildman–Crippen LogP) is 6.18. The van der Waals surface area contributed by atoms with E-state index in [4.69, 9.17) is 11.6 Å². The molecule has 0 atom stereocenters. The first-order chi connectivity index (χ1) is 14.3. The van der Waals surface area contributed by atoms with Crippen LogP contribution in [0, 0.1) is 0 Å². The summed E-state index contributed by atoms with van der Waals surface area (Å²) in [7, 11) is 0. The van der Waals surface area contributed by atoms with Crippen LogP contribution >= 0.6 is 11.6 Å². The molecule has 0 saturated heterocycles. The molecule has 3 rings (SSSR count). The predicted molar refractivity (Wildman–Crippen MR) is 112 cm³/mol. The fourth-order valence-corrected chi connectivity index (χ4v) is 3.29. The molecule has 0 aliphatic rings. The molecule has 2 aromatic carbocycles. The number of amides is 1. The zero-order valence-electron chi connectivity index (χ0n) is 15.9. The van der Waals surface area contributed by atoms with Crippen molar-refractivity contribution in [3.63, 3.8) is 0 Å². The van der Waals surface area contributed by atoms with Crippen LogP contribution in [0.1, 0.15) is 11.1 Å². The van der Waals surface area contributed by atoms with E-state index in [0.717, 1.165) is 17.7 Å². The first kappa shape index (κ1) is 21.6. The van der Waals surface area contributed by atoms with Gasteiger partial charge in [-0.2, -0.15) is 13.2 Å². The molecule has 30 heavy (non-hydrogen) atoms. The van der Waals surface area contributed by atoms with Gasteiger partial charge in [-0.25, -0.2) is 0 Å². The normalized spacial score (nSPS) is 11.2. The summed E-state index contributed by atoms with van der Waals surface area (Å²) < 4.78 is 38.3. The summed E-state index contributed by atoms with van der Waals surface area (Å²) in [5.41, 5.74) is 1.99. The summed E-state index contributed by atoms with van der Waals surface area (Å²) in [5.74, 6) is -0.303. The van der Waals surface area contributed by atoms with E-state index in [2.05, 4.69) is 11.6 Å². The molecule has 3 aromatic rings. The van der Waals surface area contributed by atoms with Gasteiger partial charge in [-0.05, 0) is 59.5 Å². The molecule has 7 heteroatoms. The van der Waals surface area contributed by atoms with Crippen LogP contribution in [0.4, 0.5) is 18.9 Å². The molecule has 1 aromatic heterocycles. The van der Waals surface area contributed by atoms with Crippen LogP contribution < -0.4 is 4.90 Å². The quantitative estimate of drug-likeness (QED) is 0.437. The van der Waals surface area contributed by atoms with Gasteiger partial charge in [0.25, 0.3) is 0 Å². The molecular weight excluding hydrogens is 413 g/mol. The number of carbonyl (C=O) groups is 1. The van der Waals surface area contributed by atoms with Crippen molar-refractivity contribution in [2.45, 2.75) is 12.6 Å². The smallest absolute Gasteiger partial charge is 0.307 e. The molecule has 1 heterocycles.